The minimum absolute atomic E-state index is 0.0157. The van der Waals surface area contributed by atoms with Crippen LogP contribution in [-0.4, -0.2) is 12.0 Å². The number of rotatable bonds is 5. The molecule has 0 saturated heterocycles. The van der Waals surface area contributed by atoms with Crippen LogP contribution >= 0.6 is 11.6 Å². The number of benzene rings is 2. The van der Waals surface area contributed by atoms with Crippen molar-refractivity contribution in [2.24, 2.45) is 0 Å². The number of hydrogen-bond donors (Lipinski definition) is 1. The molecule has 0 aliphatic carbocycles. The van der Waals surface area contributed by atoms with Crippen molar-refractivity contribution >= 4 is 23.2 Å². The van der Waals surface area contributed by atoms with Gasteiger partial charge in [-0.2, -0.15) is 13.2 Å². The summed E-state index contributed by atoms with van der Waals surface area (Å²) in [6, 6.07) is 8.48. The number of hydrogen-bond acceptors (Lipinski definition) is 2. The molecule has 2 rings (SSSR count). The summed E-state index contributed by atoms with van der Waals surface area (Å²) >= 11 is 5.92. The first-order valence-electron chi connectivity index (χ1n) is 8.44. The van der Waals surface area contributed by atoms with Gasteiger partial charge < -0.3 is 10.1 Å². The number of nitrogens with one attached hydrogen (secondary N) is 1. The number of amides is 1. The lowest BCUT2D eigenvalue weighted by Gasteiger charge is -2.20. The third-order valence-electron chi connectivity index (χ3n) is 4.02. The summed E-state index contributed by atoms with van der Waals surface area (Å²) < 4.78 is 44.4. The molecule has 0 fully saturated rings. The Morgan fingerprint density at radius 2 is 1.78 bits per heavy atom. The molecule has 0 aromatic heterocycles. The number of halogens is 4. The van der Waals surface area contributed by atoms with Crippen molar-refractivity contribution in [2.75, 3.05) is 5.32 Å². The van der Waals surface area contributed by atoms with Gasteiger partial charge in [0.05, 0.1) is 16.3 Å². The molecule has 7 heteroatoms. The van der Waals surface area contributed by atoms with Crippen molar-refractivity contribution in [1.29, 1.82) is 0 Å². The predicted molar refractivity (Wildman–Crippen MR) is 100 cm³/mol. The lowest BCUT2D eigenvalue weighted by Crippen LogP contribution is -2.30. The highest BCUT2D eigenvalue weighted by molar-refractivity contribution is 6.33. The summed E-state index contributed by atoms with van der Waals surface area (Å²) in [4.78, 5) is 12.4. The summed E-state index contributed by atoms with van der Waals surface area (Å²) in [6.45, 7) is 7.45. The van der Waals surface area contributed by atoms with Crippen molar-refractivity contribution < 1.29 is 22.7 Å². The number of alkyl halides is 3. The van der Waals surface area contributed by atoms with Gasteiger partial charge >= 0.3 is 6.18 Å². The van der Waals surface area contributed by atoms with E-state index in [0.717, 1.165) is 29.3 Å². The fourth-order valence-corrected chi connectivity index (χ4v) is 2.66. The zero-order chi connectivity index (χ0) is 20.4. The Morgan fingerprint density at radius 3 is 2.37 bits per heavy atom. The second-order valence-electron chi connectivity index (χ2n) is 6.64. The number of carbonyl (C=O) groups is 1. The van der Waals surface area contributed by atoms with Crippen molar-refractivity contribution in [3.63, 3.8) is 0 Å². The Bertz CT molecular complexity index is 834. The van der Waals surface area contributed by atoms with Gasteiger partial charge in [-0.15, -0.1) is 0 Å². The molecule has 146 valence electrons. The van der Waals surface area contributed by atoms with Crippen LogP contribution in [-0.2, 0) is 11.0 Å². The second-order valence-corrected chi connectivity index (χ2v) is 7.04. The smallest absolute Gasteiger partial charge is 0.416 e. The largest absolute Gasteiger partial charge is 0.481 e. The van der Waals surface area contributed by atoms with E-state index < -0.39 is 23.8 Å². The van der Waals surface area contributed by atoms with Crippen LogP contribution in [0.2, 0.25) is 5.02 Å². The first-order valence-corrected chi connectivity index (χ1v) is 8.81. The standard InChI is InChI=1S/C20H21ClF3NO2/c1-11(2)15-7-5-12(3)9-18(15)27-13(4)19(26)25-17-10-14(20(22,23)24)6-8-16(17)21/h5-11,13H,1-4H3,(H,25,26)/t13-/m0/s1. The van der Waals surface area contributed by atoms with E-state index >= 15 is 0 Å². The number of ether oxygens (including phenoxy) is 1. The third-order valence-corrected chi connectivity index (χ3v) is 4.35. The maximum atomic E-state index is 12.9. The first-order chi connectivity index (χ1) is 12.5. The first kappa shape index (κ1) is 21.1. The van der Waals surface area contributed by atoms with Gasteiger partial charge in [0.1, 0.15) is 5.75 Å². The van der Waals surface area contributed by atoms with Gasteiger partial charge in [0.15, 0.2) is 6.10 Å². The maximum absolute atomic E-state index is 12.9. The van der Waals surface area contributed by atoms with Crippen LogP contribution in [0, 0.1) is 6.92 Å². The molecular formula is C20H21ClF3NO2. The topological polar surface area (TPSA) is 38.3 Å². The molecule has 3 nitrogen and oxygen atoms in total. The summed E-state index contributed by atoms with van der Waals surface area (Å²) in [6.07, 6.45) is -5.45. The highest BCUT2D eigenvalue weighted by Gasteiger charge is 2.31. The van der Waals surface area contributed by atoms with Crippen LogP contribution in [0.25, 0.3) is 0 Å². The zero-order valence-corrected chi connectivity index (χ0v) is 16.2. The van der Waals surface area contributed by atoms with E-state index in [0.29, 0.717) is 5.75 Å². The average molecular weight is 400 g/mol. The molecule has 1 amide bonds. The Labute approximate surface area is 161 Å². The van der Waals surface area contributed by atoms with E-state index in [4.69, 9.17) is 16.3 Å². The molecule has 0 heterocycles. The van der Waals surface area contributed by atoms with E-state index in [1.165, 1.54) is 6.92 Å². The molecular weight excluding hydrogens is 379 g/mol. The fourth-order valence-electron chi connectivity index (χ4n) is 2.50. The minimum Gasteiger partial charge on any atom is -0.481 e. The number of anilines is 1. The van der Waals surface area contributed by atoms with Crippen molar-refractivity contribution in [3.8, 4) is 5.75 Å². The van der Waals surface area contributed by atoms with E-state index in [-0.39, 0.29) is 16.6 Å². The minimum atomic E-state index is -4.53. The van der Waals surface area contributed by atoms with Crippen LogP contribution in [0.3, 0.4) is 0 Å². The van der Waals surface area contributed by atoms with Gasteiger partial charge in [0.25, 0.3) is 5.91 Å². The third kappa shape index (κ3) is 5.39. The lowest BCUT2D eigenvalue weighted by atomic mass is 10.0. The molecule has 0 aliphatic rings. The predicted octanol–water partition coefficient (Wildman–Crippen LogP) is 6.20. The molecule has 0 aliphatic heterocycles. The second kappa shape index (κ2) is 8.21. The summed E-state index contributed by atoms with van der Waals surface area (Å²) in [7, 11) is 0. The molecule has 1 atom stereocenters. The molecule has 0 saturated carbocycles. The van der Waals surface area contributed by atoms with Gasteiger partial charge in [-0.1, -0.05) is 37.6 Å². The van der Waals surface area contributed by atoms with E-state index in [1.54, 1.807) is 0 Å². The van der Waals surface area contributed by atoms with Crippen molar-refractivity contribution in [2.45, 2.75) is 45.9 Å². The van der Waals surface area contributed by atoms with Gasteiger partial charge in [-0.05, 0) is 55.2 Å². The average Bonchev–Trinajstić information content (AvgIpc) is 2.55. The molecule has 0 radical (unpaired) electrons. The monoisotopic (exact) mass is 399 g/mol. The van der Waals surface area contributed by atoms with Crippen LogP contribution < -0.4 is 10.1 Å². The SMILES string of the molecule is Cc1ccc(C(C)C)c(O[C@@H](C)C(=O)Nc2cc(C(F)(F)F)ccc2Cl)c1. The molecule has 0 bridgehead atoms. The fraction of sp³-hybridized carbons (Fsp3) is 0.350. The van der Waals surface area contributed by atoms with E-state index in [1.807, 2.05) is 39.0 Å². The molecule has 1 N–H and O–H groups in total. The van der Waals surface area contributed by atoms with Crippen LogP contribution in [0.5, 0.6) is 5.75 Å². The van der Waals surface area contributed by atoms with Crippen molar-refractivity contribution in [1.82, 2.24) is 0 Å². The summed E-state index contributed by atoms with van der Waals surface area (Å²) in [5.41, 5.74) is 0.914. The van der Waals surface area contributed by atoms with Crippen LogP contribution in [0.4, 0.5) is 18.9 Å². The van der Waals surface area contributed by atoms with Gasteiger partial charge in [0, 0.05) is 0 Å². The maximum Gasteiger partial charge on any atom is 0.416 e. The Hall–Kier alpha value is -2.21. The summed E-state index contributed by atoms with van der Waals surface area (Å²) in [5, 5.41) is 2.43. The molecule has 0 unspecified atom stereocenters. The van der Waals surface area contributed by atoms with E-state index in [9.17, 15) is 18.0 Å². The van der Waals surface area contributed by atoms with Gasteiger partial charge in [-0.25, -0.2) is 0 Å². The van der Waals surface area contributed by atoms with Gasteiger partial charge in [-0.3, -0.25) is 4.79 Å². The lowest BCUT2D eigenvalue weighted by molar-refractivity contribution is -0.137. The molecule has 2 aromatic rings. The molecule has 2 aromatic carbocycles. The molecule has 0 spiro atoms. The molecule has 27 heavy (non-hydrogen) atoms. The van der Waals surface area contributed by atoms with Crippen LogP contribution in [0.1, 0.15) is 43.4 Å². The Morgan fingerprint density at radius 1 is 1.11 bits per heavy atom. The highest BCUT2D eigenvalue weighted by atomic mass is 35.5. The highest BCUT2D eigenvalue weighted by Crippen LogP contribution is 2.34. The number of carbonyl (C=O) groups excluding carboxylic acids is 1. The quantitative estimate of drug-likeness (QED) is 0.650. The van der Waals surface area contributed by atoms with Crippen LogP contribution in [0.15, 0.2) is 36.4 Å². The normalized spacial score (nSPS) is 12.8. The number of aryl methyl sites for hydroxylation is 1. The van der Waals surface area contributed by atoms with Gasteiger partial charge in [0.2, 0.25) is 0 Å². The van der Waals surface area contributed by atoms with E-state index in [2.05, 4.69) is 5.32 Å². The Balaban J connectivity index is 2.19. The van der Waals surface area contributed by atoms with Crippen molar-refractivity contribution in [3.05, 3.63) is 58.1 Å². The Kier molecular flexibility index (Phi) is 6.42. The zero-order valence-electron chi connectivity index (χ0n) is 15.4. The summed E-state index contributed by atoms with van der Waals surface area (Å²) in [5.74, 6) is 0.170.